The van der Waals surface area contributed by atoms with Crippen molar-refractivity contribution in [1.82, 2.24) is 0 Å². The lowest BCUT2D eigenvalue weighted by atomic mass is 9.95. The van der Waals surface area contributed by atoms with Crippen molar-refractivity contribution >= 4 is 5.78 Å². The highest BCUT2D eigenvalue weighted by Crippen LogP contribution is 2.14. The molecule has 0 saturated heterocycles. The van der Waals surface area contributed by atoms with Gasteiger partial charge in [-0.25, -0.2) is 0 Å². The third kappa shape index (κ3) is 6.93. The molecule has 96 valence electrons. The van der Waals surface area contributed by atoms with Crippen molar-refractivity contribution < 1.29 is 4.79 Å². The summed E-state index contributed by atoms with van der Waals surface area (Å²) in [6.45, 7) is 9.87. The Balaban J connectivity index is 4.07. The fourth-order valence-electron chi connectivity index (χ4n) is 1.86. The first kappa shape index (κ1) is 15.9. The summed E-state index contributed by atoms with van der Waals surface area (Å²) in [6, 6.07) is 0. The maximum atomic E-state index is 11.5. The first-order chi connectivity index (χ1) is 8.19. The smallest absolute Gasteiger partial charge is 0.158 e. The molecule has 0 bridgehead atoms. The first-order valence-electron chi connectivity index (χ1n) is 6.67. The third-order valence-electron chi connectivity index (χ3n) is 3.02. The Morgan fingerprint density at radius 3 is 2.53 bits per heavy atom. The lowest BCUT2D eigenvalue weighted by Crippen LogP contribution is -2.10. The maximum Gasteiger partial charge on any atom is 0.158 e. The molecule has 0 N–H and O–H groups in total. The average Bonchev–Trinajstić information content (AvgIpc) is 2.36. The molecule has 0 aromatic heterocycles. The van der Waals surface area contributed by atoms with Crippen LogP contribution in [0.4, 0.5) is 0 Å². The average molecular weight is 234 g/mol. The van der Waals surface area contributed by atoms with Gasteiger partial charge in [0.15, 0.2) is 5.78 Å². The number of hydrogen-bond donors (Lipinski definition) is 0. The summed E-state index contributed by atoms with van der Waals surface area (Å²) in [5.41, 5.74) is 1.38. The predicted octanol–water partition coefficient (Wildman–Crippen LogP) is 4.85. The Bertz CT molecular complexity index is 284. The zero-order valence-electron chi connectivity index (χ0n) is 11.5. The Labute approximate surface area is 106 Å². The van der Waals surface area contributed by atoms with Crippen molar-refractivity contribution in [3.8, 4) is 0 Å². The number of ketones is 1. The lowest BCUT2D eigenvalue weighted by molar-refractivity contribution is -0.118. The van der Waals surface area contributed by atoms with Crippen LogP contribution in [-0.2, 0) is 4.79 Å². The SMILES string of the molecule is C=CC(=O)C(CC)CC/C=C\C(=C/C)CCC. The van der Waals surface area contributed by atoms with E-state index in [9.17, 15) is 4.79 Å². The van der Waals surface area contributed by atoms with Gasteiger partial charge in [0.05, 0.1) is 0 Å². The van der Waals surface area contributed by atoms with Gasteiger partial charge in [0.25, 0.3) is 0 Å². The van der Waals surface area contributed by atoms with Gasteiger partial charge < -0.3 is 0 Å². The molecule has 1 heteroatoms. The second kappa shape index (κ2) is 10.1. The first-order valence-corrected chi connectivity index (χ1v) is 6.67. The van der Waals surface area contributed by atoms with E-state index in [4.69, 9.17) is 0 Å². The molecular weight excluding hydrogens is 208 g/mol. The van der Waals surface area contributed by atoms with Gasteiger partial charge in [-0.3, -0.25) is 4.79 Å². The molecule has 0 aromatic rings. The third-order valence-corrected chi connectivity index (χ3v) is 3.02. The standard InChI is InChI=1S/C16H26O/c1-5-11-14(6-2)12-9-10-13-15(7-3)16(17)8-4/h6,8-9,12,15H,4-5,7,10-11,13H2,1-3H3/b12-9-,14-6-. The molecule has 1 unspecified atom stereocenters. The van der Waals surface area contributed by atoms with E-state index < -0.39 is 0 Å². The van der Waals surface area contributed by atoms with Crippen LogP contribution in [0.1, 0.15) is 52.9 Å². The van der Waals surface area contributed by atoms with E-state index in [-0.39, 0.29) is 11.7 Å². The molecule has 0 rings (SSSR count). The Hall–Kier alpha value is -1.11. The summed E-state index contributed by atoms with van der Waals surface area (Å²) < 4.78 is 0. The van der Waals surface area contributed by atoms with Crippen LogP contribution in [0.15, 0.2) is 36.5 Å². The molecular formula is C16H26O. The quantitative estimate of drug-likeness (QED) is 0.411. The van der Waals surface area contributed by atoms with Crippen molar-refractivity contribution in [2.75, 3.05) is 0 Å². The molecule has 0 heterocycles. The summed E-state index contributed by atoms with van der Waals surface area (Å²) in [5.74, 6) is 0.332. The normalized spacial score (nSPS) is 13.9. The highest BCUT2D eigenvalue weighted by molar-refractivity contribution is 5.91. The Kier molecular flexibility index (Phi) is 9.41. The van der Waals surface area contributed by atoms with Crippen molar-refractivity contribution in [3.05, 3.63) is 36.5 Å². The van der Waals surface area contributed by atoms with Gasteiger partial charge in [-0.2, -0.15) is 0 Å². The molecule has 0 aliphatic carbocycles. The highest BCUT2D eigenvalue weighted by Gasteiger charge is 2.11. The van der Waals surface area contributed by atoms with Crippen molar-refractivity contribution in [1.29, 1.82) is 0 Å². The fraction of sp³-hybridized carbons (Fsp3) is 0.562. The minimum Gasteiger partial charge on any atom is -0.295 e. The zero-order valence-corrected chi connectivity index (χ0v) is 11.5. The molecule has 0 aromatic carbocycles. The predicted molar refractivity (Wildman–Crippen MR) is 76.0 cm³/mol. The molecule has 0 amide bonds. The van der Waals surface area contributed by atoms with E-state index >= 15 is 0 Å². The van der Waals surface area contributed by atoms with Crippen LogP contribution >= 0.6 is 0 Å². The van der Waals surface area contributed by atoms with Crippen molar-refractivity contribution in [3.63, 3.8) is 0 Å². The summed E-state index contributed by atoms with van der Waals surface area (Å²) in [5, 5.41) is 0. The maximum absolute atomic E-state index is 11.5. The van der Waals surface area contributed by atoms with Gasteiger partial charge >= 0.3 is 0 Å². The number of carbonyl (C=O) groups is 1. The molecule has 1 atom stereocenters. The minimum atomic E-state index is 0.150. The van der Waals surface area contributed by atoms with Crippen LogP contribution in [0, 0.1) is 5.92 Å². The molecule has 0 spiro atoms. The van der Waals surface area contributed by atoms with E-state index in [0.29, 0.717) is 0 Å². The van der Waals surface area contributed by atoms with E-state index in [2.05, 4.69) is 45.6 Å². The number of carbonyl (C=O) groups excluding carboxylic acids is 1. The molecule has 0 aliphatic rings. The van der Waals surface area contributed by atoms with Gasteiger partial charge in [0, 0.05) is 5.92 Å². The van der Waals surface area contributed by atoms with E-state index in [1.807, 2.05) is 0 Å². The second-order valence-electron chi connectivity index (χ2n) is 4.30. The summed E-state index contributed by atoms with van der Waals surface area (Å²) >= 11 is 0. The Morgan fingerprint density at radius 2 is 2.06 bits per heavy atom. The monoisotopic (exact) mass is 234 g/mol. The van der Waals surface area contributed by atoms with Crippen LogP contribution in [0.3, 0.4) is 0 Å². The molecule has 1 nitrogen and oxygen atoms in total. The highest BCUT2D eigenvalue weighted by atomic mass is 16.1. The lowest BCUT2D eigenvalue weighted by Gasteiger charge is -2.09. The minimum absolute atomic E-state index is 0.150. The fourth-order valence-corrected chi connectivity index (χ4v) is 1.86. The molecule has 0 saturated carbocycles. The largest absolute Gasteiger partial charge is 0.295 e. The van der Waals surface area contributed by atoms with E-state index in [0.717, 1.165) is 25.7 Å². The number of allylic oxidation sites excluding steroid dienone is 5. The topological polar surface area (TPSA) is 17.1 Å². The van der Waals surface area contributed by atoms with Crippen molar-refractivity contribution in [2.24, 2.45) is 5.92 Å². The molecule has 0 fully saturated rings. The summed E-state index contributed by atoms with van der Waals surface area (Å²) in [7, 11) is 0. The van der Waals surface area contributed by atoms with Gasteiger partial charge in [-0.1, -0.05) is 50.6 Å². The number of hydrogen-bond acceptors (Lipinski definition) is 1. The van der Waals surface area contributed by atoms with Gasteiger partial charge in [-0.15, -0.1) is 0 Å². The molecule has 17 heavy (non-hydrogen) atoms. The number of rotatable bonds is 9. The molecule has 0 aliphatic heterocycles. The van der Waals surface area contributed by atoms with Crippen LogP contribution < -0.4 is 0 Å². The van der Waals surface area contributed by atoms with Crippen LogP contribution in [0.5, 0.6) is 0 Å². The Morgan fingerprint density at radius 1 is 1.35 bits per heavy atom. The molecule has 0 radical (unpaired) electrons. The van der Waals surface area contributed by atoms with Crippen LogP contribution in [-0.4, -0.2) is 5.78 Å². The summed E-state index contributed by atoms with van der Waals surface area (Å²) in [6.07, 6.45) is 13.1. The summed E-state index contributed by atoms with van der Waals surface area (Å²) in [4.78, 5) is 11.5. The van der Waals surface area contributed by atoms with E-state index in [1.165, 1.54) is 18.1 Å². The zero-order chi connectivity index (χ0) is 13.1. The van der Waals surface area contributed by atoms with Gasteiger partial charge in [0.1, 0.15) is 0 Å². The van der Waals surface area contributed by atoms with Gasteiger partial charge in [-0.05, 0) is 38.7 Å². The van der Waals surface area contributed by atoms with Crippen molar-refractivity contribution in [2.45, 2.75) is 52.9 Å². The van der Waals surface area contributed by atoms with Crippen LogP contribution in [0.25, 0.3) is 0 Å². The van der Waals surface area contributed by atoms with Crippen LogP contribution in [0.2, 0.25) is 0 Å². The van der Waals surface area contributed by atoms with Gasteiger partial charge in [0.2, 0.25) is 0 Å². The van der Waals surface area contributed by atoms with E-state index in [1.54, 1.807) is 0 Å². The second-order valence-corrected chi connectivity index (χ2v) is 4.30.